The molecule has 2 heterocycles. The minimum atomic E-state index is -1.01. The number of amides is 1. The standard InChI is InChI=1S/C29H24FN3O5S2/c1-3-38-21-14-13-18(15-22(21)37-2)24-23(25(34)17-9-5-4-6-10-17)26(35)27(36)33(24)28-31-32-29(40-28)39-16-19-11-7-8-12-20(19)30/h4-15,24,34H,3,16H2,1-2H3/b25-23-. The van der Waals surface area contributed by atoms with E-state index < -0.39 is 17.7 Å². The van der Waals surface area contributed by atoms with E-state index in [2.05, 4.69) is 10.2 Å². The van der Waals surface area contributed by atoms with Gasteiger partial charge in [0.05, 0.1) is 25.3 Å². The van der Waals surface area contributed by atoms with Crippen molar-refractivity contribution in [2.24, 2.45) is 0 Å². The first kappa shape index (κ1) is 27.4. The van der Waals surface area contributed by atoms with Crippen LogP contribution in [0.2, 0.25) is 0 Å². The van der Waals surface area contributed by atoms with Crippen molar-refractivity contribution in [2.75, 3.05) is 18.6 Å². The van der Waals surface area contributed by atoms with E-state index in [1.54, 1.807) is 66.7 Å². The molecule has 1 N–H and O–H groups in total. The number of aliphatic hydroxyl groups is 1. The van der Waals surface area contributed by atoms with Crippen molar-refractivity contribution in [3.8, 4) is 11.5 Å². The van der Waals surface area contributed by atoms with Crippen molar-refractivity contribution in [3.05, 3.63) is 101 Å². The highest BCUT2D eigenvalue weighted by Crippen LogP contribution is 2.45. The lowest BCUT2D eigenvalue weighted by Crippen LogP contribution is -2.29. The van der Waals surface area contributed by atoms with Gasteiger partial charge in [-0.3, -0.25) is 14.5 Å². The number of anilines is 1. The zero-order chi connectivity index (χ0) is 28.2. The molecule has 1 aliphatic rings. The van der Waals surface area contributed by atoms with Crippen molar-refractivity contribution in [1.29, 1.82) is 0 Å². The fraction of sp³-hybridized carbons (Fsp3) is 0.172. The molecule has 5 rings (SSSR count). The van der Waals surface area contributed by atoms with Crippen LogP contribution in [0.25, 0.3) is 5.76 Å². The number of carbonyl (C=O) groups excluding carboxylic acids is 2. The molecule has 0 bridgehead atoms. The maximum atomic E-state index is 14.1. The van der Waals surface area contributed by atoms with Crippen LogP contribution in [0.15, 0.2) is 82.7 Å². The van der Waals surface area contributed by atoms with Crippen molar-refractivity contribution in [1.82, 2.24) is 10.2 Å². The van der Waals surface area contributed by atoms with E-state index in [-0.39, 0.29) is 22.3 Å². The second-order valence-electron chi connectivity index (χ2n) is 8.61. The van der Waals surface area contributed by atoms with Crippen LogP contribution in [0, 0.1) is 5.82 Å². The third-order valence-corrected chi connectivity index (χ3v) is 8.31. The van der Waals surface area contributed by atoms with Gasteiger partial charge >= 0.3 is 5.91 Å². The first-order chi connectivity index (χ1) is 19.4. The lowest BCUT2D eigenvalue weighted by atomic mass is 9.95. The summed E-state index contributed by atoms with van der Waals surface area (Å²) in [7, 11) is 1.49. The molecule has 204 valence electrons. The SMILES string of the molecule is CCOc1ccc(C2/C(=C(/O)c3ccccc3)C(=O)C(=O)N2c2nnc(SCc3ccccc3F)s2)cc1OC. The molecule has 1 amide bonds. The molecular weight excluding hydrogens is 553 g/mol. The third-order valence-electron chi connectivity index (χ3n) is 6.21. The van der Waals surface area contributed by atoms with E-state index in [0.717, 1.165) is 11.3 Å². The van der Waals surface area contributed by atoms with E-state index in [0.29, 0.717) is 44.9 Å². The number of hydrogen-bond acceptors (Lipinski definition) is 9. The second-order valence-corrected chi connectivity index (χ2v) is 10.8. The summed E-state index contributed by atoms with van der Waals surface area (Å²) in [6, 6.07) is 19.0. The van der Waals surface area contributed by atoms with E-state index >= 15 is 0 Å². The van der Waals surface area contributed by atoms with Gasteiger partial charge in [0, 0.05) is 11.3 Å². The van der Waals surface area contributed by atoms with Crippen LogP contribution in [-0.2, 0) is 15.3 Å². The van der Waals surface area contributed by atoms with Gasteiger partial charge in [-0.25, -0.2) is 4.39 Å². The van der Waals surface area contributed by atoms with Gasteiger partial charge in [-0.1, -0.05) is 77.7 Å². The molecule has 1 unspecified atom stereocenters. The van der Waals surface area contributed by atoms with E-state index in [1.165, 1.54) is 29.8 Å². The molecule has 1 aliphatic heterocycles. The summed E-state index contributed by atoms with van der Waals surface area (Å²) in [4.78, 5) is 28.1. The van der Waals surface area contributed by atoms with Gasteiger partial charge in [0.2, 0.25) is 5.13 Å². The normalized spacial score (nSPS) is 16.4. The number of aromatic nitrogens is 2. The summed E-state index contributed by atoms with van der Waals surface area (Å²) >= 11 is 2.37. The molecule has 1 saturated heterocycles. The number of carbonyl (C=O) groups is 2. The topological polar surface area (TPSA) is 102 Å². The molecule has 0 radical (unpaired) electrons. The summed E-state index contributed by atoms with van der Waals surface area (Å²) < 4.78 is 25.7. The van der Waals surface area contributed by atoms with Gasteiger partial charge < -0.3 is 14.6 Å². The van der Waals surface area contributed by atoms with Gasteiger partial charge in [-0.05, 0) is 36.2 Å². The van der Waals surface area contributed by atoms with Gasteiger partial charge in [-0.15, -0.1) is 10.2 Å². The molecule has 0 spiro atoms. The highest BCUT2D eigenvalue weighted by molar-refractivity contribution is 8.00. The number of thioether (sulfide) groups is 1. The molecule has 8 nitrogen and oxygen atoms in total. The number of hydrogen-bond donors (Lipinski definition) is 1. The Morgan fingerprint density at radius 3 is 2.52 bits per heavy atom. The summed E-state index contributed by atoms with van der Waals surface area (Å²) in [5.41, 5.74) is 1.32. The number of aliphatic hydroxyl groups excluding tert-OH is 1. The number of methoxy groups -OCH3 is 1. The van der Waals surface area contributed by atoms with Crippen LogP contribution in [0.3, 0.4) is 0 Å². The lowest BCUT2D eigenvalue weighted by molar-refractivity contribution is -0.132. The molecule has 0 aliphatic carbocycles. The average Bonchev–Trinajstić information content (AvgIpc) is 3.55. The number of nitrogens with zero attached hydrogens (tertiary/aromatic N) is 3. The van der Waals surface area contributed by atoms with Crippen molar-refractivity contribution in [2.45, 2.75) is 23.1 Å². The van der Waals surface area contributed by atoms with Crippen LogP contribution in [0.5, 0.6) is 11.5 Å². The highest BCUT2D eigenvalue weighted by Gasteiger charge is 2.48. The maximum Gasteiger partial charge on any atom is 0.301 e. The number of Topliss-reactive ketones (excluding diaryl/α,β-unsaturated/α-hetero) is 1. The summed E-state index contributed by atoms with van der Waals surface area (Å²) in [5.74, 6) is -1.12. The molecule has 1 aromatic heterocycles. The number of ether oxygens (including phenoxy) is 2. The Labute approximate surface area is 238 Å². The van der Waals surface area contributed by atoms with E-state index in [9.17, 15) is 19.1 Å². The molecule has 4 aromatic rings. The Morgan fingerprint density at radius 2 is 1.80 bits per heavy atom. The zero-order valence-electron chi connectivity index (χ0n) is 21.5. The molecule has 11 heteroatoms. The van der Waals surface area contributed by atoms with Gasteiger partial charge in [0.25, 0.3) is 5.78 Å². The Hall–Kier alpha value is -4.22. The molecule has 40 heavy (non-hydrogen) atoms. The van der Waals surface area contributed by atoms with E-state index in [4.69, 9.17) is 9.47 Å². The van der Waals surface area contributed by atoms with Gasteiger partial charge in [0.1, 0.15) is 11.6 Å². The fourth-order valence-electron chi connectivity index (χ4n) is 4.34. The molecular formula is C29H24FN3O5S2. The highest BCUT2D eigenvalue weighted by atomic mass is 32.2. The van der Waals surface area contributed by atoms with Crippen molar-refractivity contribution >= 4 is 45.7 Å². The molecule has 0 saturated carbocycles. The predicted octanol–water partition coefficient (Wildman–Crippen LogP) is 6.00. The van der Waals surface area contributed by atoms with Crippen LogP contribution in [0.4, 0.5) is 9.52 Å². The largest absolute Gasteiger partial charge is 0.507 e. The first-order valence-electron chi connectivity index (χ1n) is 12.3. The number of ketones is 1. The minimum Gasteiger partial charge on any atom is -0.507 e. The number of benzene rings is 3. The Bertz CT molecular complexity index is 1590. The second kappa shape index (κ2) is 11.9. The molecule has 1 atom stereocenters. The predicted molar refractivity (Wildman–Crippen MR) is 151 cm³/mol. The van der Waals surface area contributed by atoms with Gasteiger partial charge in [-0.2, -0.15) is 0 Å². The Morgan fingerprint density at radius 1 is 1.05 bits per heavy atom. The van der Waals surface area contributed by atoms with E-state index in [1.807, 2.05) is 6.92 Å². The maximum absolute atomic E-state index is 14.1. The smallest absolute Gasteiger partial charge is 0.301 e. The number of halogens is 1. The van der Waals surface area contributed by atoms with Crippen LogP contribution in [-0.4, -0.2) is 40.7 Å². The summed E-state index contributed by atoms with van der Waals surface area (Å²) in [6.45, 7) is 2.26. The first-order valence-corrected chi connectivity index (χ1v) is 14.1. The van der Waals surface area contributed by atoms with Crippen molar-refractivity contribution < 1.29 is 28.6 Å². The Kier molecular flexibility index (Phi) is 8.13. The third kappa shape index (κ3) is 5.30. The fourth-order valence-corrected chi connectivity index (χ4v) is 6.19. The minimum absolute atomic E-state index is 0.0850. The lowest BCUT2D eigenvalue weighted by Gasteiger charge is -2.23. The number of rotatable bonds is 9. The average molecular weight is 578 g/mol. The van der Waals surface area contributed by atoms with Crippen LogP contribution < -0.4 is 14.4 Å². The van der Waals surface area contributed by atoms with Crippen molar-refractivity contribution in [3.63, 3.8) is 0 Å². The zero-order valence-corrected chi connectivity index (χ0v) is 23.2. The Balaban J connectivity index is 1.57. The molecule has 3 aromatic carbocycles. The monoisotopic (exact) mass is 577 g/mol. The van der Waals surface area contributed by atoms with Crippen LogP contribution in [0.1, 0.15) is 29.7 Å². The van der Waals surface area contributed by atoms with Gasteiger partial charge in [0.15, 0.2) is 15.8 Å². The summed E-state index contributed by atoms with van der Waals surface area (Å²) in [5, 5.41) is 19.8. The van der Waals surface area contributed by atoms with Crippen LogP contribution >= 0.6 is 23.1 Å². The molecule has 1 fully saturated rings. The summed E-state index contributed by atoms with van der Waals surface area (Å²) in [6.07, 6.45) is 0. The quantitative estimate of drug-likeness (QED) is 0.0850.